The van der Waals surface area contributed by atoms with Crippen LogP contribution in [0, 0.1) is 5.82 Å². The summed E-state index contributed by atoms with van der Waals surface area (Å²) in [5.74, 6) is -2.02. The summed E-state index contributed by atoms with van der Waals surface area (Å²) < 4.78 is 33.0. The van der Waals surface area contributed by atoms with Crippen molar-refractivity contribution in [2.45, 2.75) is 50.4 Å². The van der Waals surface area contributed by atoms with E-state index in [1.54, 1.807) is 36.4 Å². The second kappa shape index (κ2) is 18.3. The SMILES string of the molecule is COc1ccc([C@H](Cc2c(Cl)c[n+](O)cc2Cl)c2cc(CNC(C(=O)OC3CCN(Cc4ccccc4)CC3)c3ccccc3F)sc2C(=O)O)cc1OC. The monoisotopic (exact) mass is 808 g/mol. The van der Waals surface area contributed by atoms with Gasteiger partial charge in [-0.2, -0.15) is 0 Å². The normalized spacial score (nSPS) is 14.6. The van der Waals surface area contributed by atoms with Gasteiger partial charge in [0.25, 0.3) is 0 Å². The maximum atomic E-state index is 15.3. The third kappa shape index (κ3) is 9.75. The van der Waals surface area contributed by atoms with Crippen LogP contribution in [-0.2, 0) is 29.0 Å². The summed E-state index contributed by atoms with van der Waals surface area (Å²) in [6.45, 7) is 2.34. The van der Waals surface area contributed by atoms with E-state index in [1.165, 1.54) is 44.3 Å². The molecule has 1 aliphatic heterocycles. The number of thiophene rings is 1. The fraction of sp³-hybridized carbons (Fsp3) is 0.293. The van der Waals surface area contributed by atoms with E-state index >= 15 is 4.39 Å². The van der Waals surface area contributed by atoms with Crippen LogP contribution in [0.15, 0.2) is 91.3 Å². The minimum absolute atomic E-state index is 0.0323. The Labute approximate surface area is 332 Å². The molecule has 3 aromatic carbocycles. The Morgan fingerprint density at radius 2 is 1.62 bits per heavy atom. The molecule has 5 aromatic rings. The Morgan fingerprint density at radius 1 is 0.945 bits per heavy atom. The van der Waals surface area contributed by atoms with Gasteiger partial charge < -0.3 is 19.3 Å². The number of aromatic carboxylic acids is 1. The number of carboxylic acid groups (broad SMARTS) is 1. The molecule has 0 aliphatic carbocycles. The Kier molecular flexibility index (Phi) is 13.3. The summed E-state index contributed by atoms with van der Waals surface area (Å²) in [6, 6.07) is 22.1. The van der Waals surface area contributed by atoms with Crippen molar-refractivity contribution >= 4 is 46.5 Å². The number of likely N-dealkylation sites (tertiary alicyclic amines) is 1. The maximum Gasteiger partial charge on any atom is 0.346 e. The number of ether oxygens (including phenoxy) is 3. The molecule has 6 rings (SSSR count). The first-order valence-electron chi connectivity index (χ1n) is 17.6. The molecule has 55 heavy (non-hydrogen) atoms. The van der Waals surface area contributed by atoms with Gasteiger partial charge >= 0.3 is 11.9 Å². The molecular formula is C41H41Cl2FN3O7S+. The number of carbonyl (C=O) groups excluding carboxylic acids is 1. The third-order valence-corrected chi connectivity index (χ3v) is 11.5. The van der Waals surface area contributed by atoms with Gasteiger partial charge in [-0.3, -0.25) is 15.4 Å². The van der Waals surface area contributed by atoms with Crippen molar-refractivity contribution in [2.75, 3.05) is 27.3 Å². The predicted octanol–water partition coefficient (Wildman–Crippen LogP) is 7.85. The molecule has 0 saturated carbocycles. The number of hydrogen-bond donors (Lipinski definition) is 3. The van der Waals surface area contributed by atoms with Gasteiger partial charge in [-0.05, 0) is 60.2 Å². The molecule has 288 valence electrons. The third-order valence-electron chi connectivity index (χ3n) is 9.67. The van der Waals surface area contributed by atoms with Crippen LogP contribution >= 0.6 is 34.5 Å². The van der Waals surface area contributed by atoms with E-state index in [4.69, 9.17) is 37.4 Å². The van der Waals surface area contributed by atoms with Gasteiger partial charge in [-0.1, -0.05) is 77.8 Å². The summed E-state index contributed by atoms with van der Waals surface area (Å²) in [4.78, 5) is 29.6. The highest BCUT2D eigenvalue weighted by atomic mass is 35.5. The Bertz CT molecular complexity index is 2110. The number of nitrogens with one attached hydrogen (secondary N) is 1. The number of esters is 1. The zero-order valence-electron chi connectivity index (χ0n) is 30.2. The zero-order chi connectivity index (χ0) is 39.1. The average Bonchev–Trinajstić information content (AvgIpc) is 3.60. The predicted molar refractivity (Wildman–Crippen MR) is 207 cm³/mol. The van der Waals surface area contributed by atoms with Crippen molar-refractivity contribution in [3.05, 3.63) is 145 Å². The molecule has 0 bridgehead atoms. The van der Waals surface area contributed by atoms with E-state index < -0.39 is 29.7 Å². The van der Waals surface area contributed by atoms with Crippen LogP contribution in [0.3, 0.4) is 0 Å². The Morgan fingerprint density at radius 3 is 2.27 bits per heavy atom. The summed E-state index contributed by atoms with van der Waals surface area (Å²) in [5, 5.41) is 24.0. The van der Waals surface area contributed by atoms with Gasteiger partial charge in [-0.25, -0.2) is 14.0 Å². The van der Waals surface area contributed by atoms with Crippen molar-refractivity contribution in [3.8, 4) is 11.5 Å². The molecule has 1 fully saturated rings. The molecule has 1 saturated heterocycles. The molecule has 10 nitrogen and oxygen atoms in total. The van der Waals surface area contributed by atoms with Crippen LogP contribution in [0.4, 0.5) is 4.39 Å². The van der Waals surface area contributed by atoms with Gasteiger partial charge in [0.05, 0.1) is 14.2 Å². The quantitative estimate of drug-likeness (QED) is 0.0552. The Balaban J connectivity index is 1.26. The molecule has 0 spiro atoms. The minimum Gasteiger partial charge on any atom is -0.493 e. The van der Waals surface area contributed by atoms with E-state index in [2.05, 4.69) is 22.3 Å². The van der Waals surface area contributed by atoms with Gasteiger partial charge in [-0.15, -0.1) is 11.3 Å². The van der Waals surface area contributed by atoms with Crippen molar-refractivity contribution in [2.24, 2.45) is 0 Å². The second-order valence-corrected chi connectivity index (χ2v) is 15.2. The van der Waals surface area contributed by atoms with Crippen molar-refractivity contribution in [1.29, 1.82) is 0 Å². The number of hydrogen-bond acceptors (Lipinski definition) is 9. The van der Waals surface area contributed by atoms with Crippen LogP contribution in [-0.4, -0.2) is 60.6 Å². The summed E-state index contributed by atoms with van der Waals surface area (Å²) in [7, 11) is 3.02. The van der Waals surface area contributed by atoms with Gasteiger partial charge in [0, 0.05) is 52.8 Å². The number of halogens is 3. The molecule has 3 N–H and O–H groups in total. The number of carboxylic acids is 1. The molecule has 1 unspecified atom stereocenters. The topological polar surface area (TPSA) is 121 Å². The first kappa shape index (κ1) is 40.0. The number of nitrogens with zero attached hydrogens (tertiary/aromatic N) is 2. The number of pyridine rings is 1. The van der Waals surface area contributed by atoms with Crippen LogP contribution in [0.5, 0.6) is 11.5 Å². The molecule has 0 radical (unpaired) electrons. The summed E-state index contributed by atoms with van der Waals surface area (Å²) >= 11 is 14.1. The zero-order valence-corrected chi connectivity index (χ0v) is 32.5. The first-order chi connectivity index (χ1) is 26.5. The number of carbonyl (C=O) groups is 2. The molecule has 1 aliphatic rings. The first-order valence-corrected chi connectivity index (χ1v) is 19.2. The van der Waals surface area contributed by atoms with E-state index in [0.29, 0.717) is 45.9 Å². The highest BCUT2D eigenvalue weighted by molar-refractivity contribution is 7.14. The number of rotatable bonds is 15. The Hall–Kier alpha value is -4.72. The van der Waals surface area contributed by atoms with E-state index in [9.17, 15) is 19.9 Å². The standard InChI is InChI=1S/C41H40Cl2FN3O7S/c1-52-36-13-12-26(18-37(36)53-2)30(20-32-33(42)23-47(51)24-34(32)43)31-19-28(55-39(31)40(48)49)21-45-38(29-10-6-7-11-35(29)44)41(50)54-27-14-16-46(17-15-27)22-25-8-4-3-5-9-25/h3-13,18-19,23-24,27,30,38,45H,14-17,20-22H2,1-2H3,(H-,48,49,51)/p+1/t30-,38?/m0/s1. The highest BCUT2D eigenvalue weighted by Gasteiger charge is 2.31. The lowest BCUT2D eigenvalue weighted by Gasteiger charge is -2.32. The lowest BCUT2D eigenvalue weighted by molar-refractivity contribution is -0.904. The van der Waals surface area contributed by atoms with Crippen LogP contribution < -0.4 is 19.5 Å². The van der Waals surface area contributed by atoms with Crippen LogP contribution in [0.2, 0.25) is 10.0 Å². The largest absolute Gasteiger partial charge is 0.493 e. The minimum atomic E-state index is -1.16. The highest BCUT2D eigenvalue weighted by Crippen LogP contribution is 2.41. The number of piperidine rings is 1. The van der Waals surface area contributed by atoms with Gasteiger partial charge in [0.1, 0.15) is 32.9 Å². The maximum absolute atomic E-state index is 15.3. The summed E-state index contributed by atoms with van der Waals surface area (Å²) in [6.07, 6.45) is 3.71. The number of benzene rings is 3. The van der Waals surface area contributed by atoms with E-state index in [1.807, 2.05) is 18.2 Å². The average molecular weight is 810 g/mol. The smallest absolute Gasteiger partial charge is 0.346 e. The number of aromatic nitrogens is 1. The fourth-order valence-electron chi connectivity index (χ4n) is 6.88. The molecule has 3 heterocycles. The second-order valence-electron chi connectivity index (χ2n) is 13.2. The molecule has 2 aromatic heterocycles. The summed E-state index contributed by atoms with van der Waals surface area (Å²) in [5.41, 5.74) is 2.98. The van der Waals surface area contributed by atoms with E-state index in [-0.39, 0.29) is 39.6 Å². The number of methoxy groups -OCH3 is 2. The molecular weight excluding hydrogens is 768 g/mol. The van der Waals surface area contributed by atoms with E-state index in [0.717, 1.165) is 35.7 Å². The van der Waals surface area contributed by atoms with Crippen molar-refractivity contribution in [3.63, 3.8) is 0 Å². The van der Waals surface area contributed by atoms with Gasteiger partial charge in [0.2, 0.25) is 12.4 Å². The fourth-order valence-corrected chi connectivity index (χ4v) is 8.49. The van der Waals surface area contributed by atoms with Crippen molar-refractivity contribution in [1.82, 2.24) is 10.2 Å². The van der Waals surface area contributed by atoms with Crippen molar-refractivity contribution < 1.29 is 43.2 Å². The molecule has 0 amide bonds. The lowest BCUT2D eigenvalue weighted by Crippen LogP contribution is -2.39. The molecule has 2 atom stereocenters. The molecule has 14 heteroatoms. The van der Waals surface area contributed by atoms with Gasteiger partial charge in [0.15, 0.2) is 11.5 Å². The lowest BCUT2D eigenvalue weighted by atomic mass is 9.85. The van der Waals surface area contributed by atoms with Crippen LogP contribution in [0.25, 0.3) is 0 Å². The van der Waals surface area contributed by atoms with Crippen LogP contribution in [0.1, 0.15) is 67.2 Å².